The van der Waals surface area contributed by atoms with Gasteiger partial charge < -0.3 is 19.6 Å². The predicted molar refractivity (Wildman–Crippen MR) is 126 cm³/mol. The van der Waals surface area contributed by atoms with Crippen molar-refractivity contribution >= 4 is 23.5 Å². The van der Waals surface area contributed by atoms with Gasteiger partial charge in [-0.05, 0) is 24.8 Å². The number of carbonyl (C=O) groups excluding carboxylic acids is 2. The highest BCUT2D eigenvalue weighted by molar-refractivity contribution is 6.07. The fourth-order valence-corrected chi connectivity index (χ4v) is 5.04. The average molecular weight is 475 g/mol. The van der Waals surface area contributed by atoms with E-state index in [2.05, 4.69) is 10.3 Å². The number of amides is 2. The summed E-state index contributed by atoms with van der Waals surface area (Å²) in [5.41, 5.74) is 1.14. The molecule has 1 aliphatic carbocycles. The molecule has 34 heavy (non-hydrogen) atoms. The van der Waals surface area contributed by atoms with Crippen molar-refractivity contribution < 1.29 is 23.8 Å². The van der Waals surface area contributed by atoms with Gasteiger partial charge in [-0.2, -0.15) is 0 Å². The Balaban J connectivity index is 1.20. The maximum atomic E-state index is 14.6. The highest BCUT2D eigenvalue weighted by Gasteiger charge is 2.38. The number of aliphatic hydroxyl groups excluding tert-OH is 1. The molecule has 186 valence electrons. The van der Waals surface area contributed by atoms with E-state index in [9.17, 15) is 19.1 Å². The molecule has 1 aromatic carbocycles. The Morgan fingerprint density at radius 3 is 2.85 bits per heavy atom. The number of aliphatic imine (C=N–C) groups is 1. The molecule has 0 bridgehead atoms. The number of unbranched alkanes of at least 4 members (excludes halogenated alkanes) is 1. The Labute approximate surface area is 200 Å². The smallest absolute Gasteiger partial charge is 0.251 e. The maximum Gasteiger partial charge on any atom is 0.251 e. The number of nitrogens with zero attached hydrogens (tertiary/aromatic N) is 3. The fourth-order valence-electron chi connectivity index (χ4n) is 5.04. The SMILES string of the molecule is CN(CCCCC1CCCC1)C(=O)CCCOc1cc2c(cc1F)CN1C(=N2)NC(=O)C1CO. The molecule has 0 aromatic heterocycles. The predicted octanol–water partition coefficient (Wildman–Crippen LogP) is 3.10. The van der Waals surface area contributed by atoms with Gasteiger partial charge in [0.1, 0.15) is 6.04 Å². The molecule has 2 heterocycles. The van der Waals surface area contributed by atoms with Crippen LogP contribution in [0.25, 0.3) is 0 Å². The average Bonchev–Trinajstić information content (AvgIpc) is 3.44. The van der Waals surface area contributed by atoms with Crippen molar-refractivity contribution in [2.75, 3.05) is 26.8 Å². The summed E-state index contributed by atoms with van der Waals surface area (Å²) in [4.78, 5) is 32.1. The summed E-state index contributed by atoms with van der Waals surface area (Å²) in [6, 6.07) is 2.16. The molecule has 1 saturated heterocycles. The summed E-state index contributed by atoms with van der Waals surface area (Å²) in [5, 5.41) is 12.1. The van der Waals surface area contributed by atoms with Crippen molar-refractivity contribution in [3.05, 3.63) is 23.5 Å². The summed E-state index contributed by atoms with van der Waals surface area (Å²) in [6.45, 7) is 0.939. The standard InChI is InChI=1S/C25H35FN4O4/c1-29(11-5-4-9-17-7-2-3-8-17)23(32)10-6-12-34-22-14-20-18(13-19(22)26)15-30-21(16-31)24(33)28-25(30)27-20/h13-14,17,21,31H,2-12,15-16H2,1H3,(H,27,28,33). The summed E-state index contributed by atoms with van der Waals surface area (Å²) >= 11 is 0. The first-order valence-electron chi connectivity index (χ1n) is 12.4. The number of nitrogens with one attached hydrogen (secondary N) is 1. The minimum absolute atomic E-state index is 0.0762. The third kappa shape index (κ3) is 5.68. The molecule has 0 radical (unpaired) electrons. The van der Waals surface area contributed by atoms with Crippen LogP contribution in [-0.4, -0.2) is 65.5 Å². The molecule has 3 aliphatic rings. The Kier molecular flexibility index (Phi) is 8.03. The highest BCUT2D eigenvalue weighted by atomic mass is 19.1. The molecule has 1 atom stereocenters. The topological polar surface area (TPSA) is 94.5 Å². The maximum absolute atomic E-state index is 14.6. The van der Waals surface area contributed by atoms with E-state index in [1.54, 1.807) is 9.80 Å². The molecule has 2 fully saturated rings. The second kappa shape index (κ2) is 11.2. The third-order valence-corrected chi connectivity index (χ3v) is 7.11. The van der Waals surface area contributed by atoms with E-state index in [0.717, 1.165) is 18.9 Å². The first-order chi connectivity index (χ1) is 16.5. The van der Waals surface area contributed by atoms with Crippen LogP contribution in [0.3, 0.4) is 0 Å². The lowest BCUT2D eigenvalue weighted by atomic mass is 10.0. The zero-order valence-corrected chi connectivity index (χ0v) is 19.9. The molecule has 4 rings (SSSR count). The highest BCUT2D eigenvalue weighted by Crippen LogP contribution is 2.34. The van der Waals surface area contributed by atoms with Crippen LogP contribution in [0, 0.1) is 11.7 Å². The van der Waals surface area contributed by atoms with Crippen LogP contribution in [0.2, 0.25) is 0 Å². The van der Waals surface area contributed by atoms with Gasteiger partial charge in [-0.15, -0.1) is 0 Å². The number of ether oxygens (including phenoxy) is 1. The Morgan fingerprint density at radius 1 is 1.29 bits per heavy atom. The number of hydrogen-bond donors (Lipinski definition) is 2. The van der Waals surface area contributed by atoms with Crippen LogP contribution in [0.4, 0.5) is 10.1 Å². The summed E-state index contributed by atoms with van der Waals surface area (Å²) in [6.07, 6.45) is 9.83. The molecule has 2 N–H and O–H groups in total. The van der Waals surface area contributed by atoms with Crippen LogP contribution in [-0.2, 0) is 16.1 Å². The monoisotopic (exact) mass is 474 g/mol. The number of carbonyl (C=O) groups is 2. The number of aliphatic hydroxyl groups is 1. The van der Waals surface area contributed by atoms with Crippen molar-refractivity contribution in [2.45, 2.75) is 70.4 Å². The second-order valence-corrected chi connectivity index (χ2v) is 9.58. The Morgan fingerprint density at radius 2 is 2.09 bits per heavy atom. The van der Waals surface area contributed by atoms with Gasteiger partial charge >= 0.3 is 0 Å². The molecule has 1 unspecified atom stereocenters. The van der Waals surface area contributed by atoms with Crippen LogP contribution in [0.1, 0.15) is 63.4 Å². The molecule has 2 amide bonds. The molecule has 8 nitrogen and oxygen atoms in total. The van der Waals surface area contributed by atoms with Crippen LogP contribution >= 0.6 is 0 Å². The molecular weight excluding hydrogens is 439 g/mol. The van der Waals surface area contributed by atoms with Gasteiger partial charge in [-0.3, -0.25) is 14.9 Å². The summed E-state index contributed by atoms with van der Waals surface area (Å²) in [7, 11) is 1.84. The lowest BCUT2D eigenvalue weighted by molar-refractivity contribution is -0.130. The second-order valence-electron chi connectivity index (χ2n) is 9.58. The van der Waals surface area contributed by atoms with Gasteiger partial charge in [-0.25, -0.2) is 9.38 Å². The first-order valence-corrected chi connectivity index (χ1v) is 12.4. The van der Waals surface area contributed by atoms with Gasteiger partial charge in [0.2, 0.25) is 11.9 Å². The lowest BCUT2D eigenvalue weighted by Crippen LogP contribution is -2.39. The van der Waals surface area contributed by atoms with Gasteiger partial charge in [0.15, 0.2) is 11.6 Å². The number of halogens is 1. The lowest BCUT2D eigenvalue weighted by Gasteiger charge is -2.27. The number of rotatable bonds is 11. The van der Waals surface area contributed by atoms with E-state index in [1.807, 2.05) is 7.05 Å². The van der Waals surface area contributed by atoms with E-state index in [4.69, 9.17) is 4.74 Å². The molecule has 0 spiro atoms. The van der Waals surface area contributed by atoms with Crippen molar-refractivity contribution in [1.29, 1.82) is 0 Å². The van der Waals surface area contributed by atoms with Crippen molar-refractivity contribution in [3.63, 3.8) is 0 Å². The molecule has 2 aliphatic heterocycles. The van der Waals surface area contributed by atoms with Crippen molar-refractivity contribution in [1.82, 2.24) is 15.1 Å². The van der Waals surface area contributed by atoms with E-state index in [-0.39, 0.29) is 37.3 Å². The summed E-state index contributed by atoms with van der Waals surface area (Å²) < 4.78 is 20.2. The van der Waals surface area contributed by atoms with Gasteiger partial charge in [0.05, 0.1) is 18.9 Å². The zero-order valence-electron chi connectivity index (χ0n) is 19.9. The quantitative estimate of drug-likeness (QED) is 0.481. The normalized spacial score (nSPS) is 19.5. The van der Waals surface area contributed by atoms with E-state index >= 15 is 0 Å². The molecule has 1 saturated carbocycles. The van der Waals surface area contributed by atoms with E-state index in [1.165, 1.54) is 50.7 Å². The van der Waals surface area contributed by atoms with Gasteiger partial charge in [-0.1, -0.05) is 38.5 Å². The number of hydrogen-bond acceptors (Lipinski definition) is 6. The third-order valence-electron chi connectivity index (χ3n) is 7.11. The van der Waals surface area contributed by atoms with Crippen LogP contribution in [0.15, 0.2) is 17.1 Å². The van der Waals surface area contributed by atoms with E-state index < -0.39 is 11.9 Å². The minimum Gasteiger partial charge on any atom is -0.490 e. The van der Waals surface area contributed by atoms with E-state index in [0.29, 0.717) is 30.1 Å². The van der Waals surface area contributed by atoms with Gasteiger partial charge in [0.25, 0.3) is 5.91 Å². The van der Waals surface area contributed by atoms with Crippen LogP contribution < -0.4 is 10.1 Å². The Hall–Kier alpha value is -2.68. The largest absolute Gasteiger partial charge is 0.490 e. The molecule has 1 aromatic rings. The fraction of sp³-hybridized carbons (Fsp3) is 0.640. The molecular formula is C25H35FN4O4. The first kappa shape index (κ1) is 24.4. The number of guanidine groups is 1. The summed E-state index contributed by atoms with van der Waals surface area (Å²) in [5.74, 6) is 0.564. The van der Waals surface area contributed by atoms with Crippen molar-refractivity contribution in [3.8, 4) is 5.75 Å². The molecule has 9 heteroatoms. The minimum atomic E-state index is -0.714. The van der Waals surface area contributed by atoms with Crippen molar-refractivity contribution in [2.24, 2.45) is 10.9 Å². The van der Waals surface area contributed by atoms with Gasteiger partial charge in [0, 0.05) is 38.2 Å². The number of benzene rings is 1. The zero-order chi connectivity index (χ0) is 24.1. The van der Waals surface area contributed by atoms with Crippen LogP contribution in [0.5, 0.6) is 5.75 Å². The number of fused-ring (bicyclic) bond motifs is 2. The Bertz CT molecular complexity index is 932.